The zero-order valence-electron chi connectivity index (χ0n) is 36.0. The average Bonchev–Trinajstić information content (AvgIpc) is 4.07. The Morgan fingerprint density at radius 1 is 0.239 bits per heavy atom. The monoisotopic (exact) mass is 948 g/mol. The number of benzene rings is 12. The molecule has 0 atom stereocenters. The van der Waals surface area contributed by atoms with Gasteiger partial charge in [0.25, 0.3) is 0 Å². The van der Waals surface area contributed by atoms with E-state index >= 15 is 0 Å². The van der Waals surface area contributed by atoms with E-state index < -0.39 is 0 Å². The van der Waals surface area contributed by atoms with Crippen LogP contribution in [0.3, 0.4) is 0 Å². The molecule has 12 aromatic carbocycles. The van der Waals surface area contributed by atoms with Crippen molar-refractivity contribution in [3.8, 4) is 44.5 Å². The van der Waals surface area contributed by atoms with Crippen molar-refractivity contribution in [3.05, 3.63) is 218 Å². The Morgan fingerprint density at radius 3 is 1.03 bits per heavy atom. The second-order valence-electron chi connectivity index (χ2n) is 17.8. The summed E-state index contributed by atoms with van der Waals surface area (Å²) in [4.78, 5) is 0. The van der Waals surface area contributed by atoms with Gasteiger partial charge in [-0.2, -0.15) is 0 Å². The summed E-state index contributed by atoms with van der Waals surface area (Å²) in [5.41, 5.74) is 10.4. The van der Waals surface area contributed by atoms with Gasteiger partial charge in [0.1, 0.15) is 0 Å². The molecular weight excluding hydrogens is 912 g/mol. The fourth-order valence-corrected chi connectivity index (χ4v) is 16.3. The fourth-order valence-electron chi connectivity index (χ4n) is 11.4. The number of thiophene rings is 2. The first-order chi connectivity index (χ1) is 33.2. The second-order valence-corrected chi connectivity index (χ2v) is 22.2. The van der Waals surface area contributed by atoms with Gasteiger partial charge in [-0.3, -0.25) is 0 Å². The summed E-state index contributed by atoms with van der Waals surface area (Å²) >= 11 is 3.87. The van der Waals surface area contributed by atoms with Gasteiger partial charge in [0.05, 0.1) is 0 Å². The molecular formula is C64H36S2Se. The Hall–Kier alpha value is -7.36. The van der Waals surface area contributed by atoms with E-state index in [0.29, 0.717) is 0 Å². The standard InChI is InChI=1S/C64H36S2Se/c1-3-18-47-45(16-1)60(37-28-31-42-40-14-9-11-26-55(40)65-57(42)34-37)46-17-2-4-19-48(46)62(47)39-30-33-44-53-24-13-25-54(64(53)67-59(44)36-39)63-51-22-7-5-20-49(51)61(50-21-6-8-23-52(50)63)38-29-32-43-41-15-10-12-27-56(41)66-58(43)35-38/h1-36H. The summed E-state index contributed by atoms with van der Waals surface area (Å²) in [6, 6.07) is 82.6. The molecule has 0 unspecified atom stereocenters. The molecule has 67 heavy (non-hydrogen) atoms. The van der Waals surface area contributed by atoms with Crippen molar-refractivity contribution in [3.63, 3.8) is 0 Å². The molecule has 0 spiro atoms. The van der Waals surface area contributed by atoms with Crippen LogP contribution < -0.4 is 0 Å². The summed E-state index contributed by atoms with van der Waals surface area (Å²) in [5.74, 6) is 0. The third-order valence-corrected chi connectivity index (χ3v) is 19.0. The van der Waals surface area contributed by atoms with Gasteiger partial charge in [0.2, 0.25) is 0 Å². The Bertz CT molecular complexity index is 4470. The molecule has 0 fully saturated rings. The molecule has 3 aromatic heterocycles. The van der Waals surface area contributed by atoms with Crippen LogP contribution >= 0.6 is 22.7 Å². The first kappa shape index (κ1) is 37.8. The van der Waals surface area contributed by atoms with E-state index in [4.69, 9.17) is 0 Å². The summed E-state index contributed by atoms with van der Waals surface area (Å²) in [6.07, 6.45) is 0. The van der Waals surface area contributed by atoms with Crippen molar-refractivity contribution in [1.29, 1.82) is 0 Å². The number of hydrogen-bond acceptors (Lipinski definition) is 2. The van der Waals surface area contributed by atoms with Gasteiger partial charge in [-0.05, 0) is 6.07 Å². The van der Waals surface area contributed by atoms with Gasteiger partial charge in [0, 0.05) is 0 Å². The van der Waals surface area contributed by atoms with E-state index in [0.717, 1.165) is 0 Å². The van der Waals surface area contributed by atoms with Gasteiger partial charge in [-0.25, -0.2) is 0 Å². The third kappa shape index (κ3) is 5.58. The van der Waals surface area contributed by atoms with Crippen LogP contribution in [-0.4, -0.2) is 14.5 Å². The summed E-state index contributed by atoms with van der Waals surface area (Å²) in [6.45, 7) is 0. The summed E-state index contributed by atoms with van der Waals surface area (Å²) in [7, 11) is 0. The van der Waals surface area contributed by atoms with Crippen LogP contribution in [0, 0.1) is 0 Å². The SMILES string of the molecule is c1ccc2c(c1)sc1cc(-c3c4ccccc4c(-c4ccc5c(c4)[se]c4c(-c6c7ccccc7c(-c7ccc8c(c7)sc7ccccc78)c7ccccc67)cccc45)c4ccccc34)ccc12. The first-order valence-electron chi connectivity index (χ1n) is 22.9. The molecule has 0 saturated carbocycles. The molecule has 3 heteroatoms. The molecule has 3 heterocycles. The van der Waals surface area contributed by atoms with Crippen LogP contribution in [0.4, 0.5) is 0 Å². The average molecular weight is 948 g/mol. The van der Waals surface area contributed by atoms with Crippen LogP contribution in [0.5, 0.6) is 0 Å². The minimum absolute atomic E-state index is 0.0928. The Labute approximate surface area is 400 Å². The van der Waals surface area contributed by atoms with Crippen LogP contribution in [0.15, 0.2) is 218 Å². The maximum absolute atomic E-state index is 2.53. The van der Waals surface area contributed by atoms with Gasteiger partial charge in [-0.15, -0.1) is 0 Å². The van der Waals surface area contributed by atoms with Crippen molar-refractivity contribution in [2.24, 2.45) is 0 Å². The predicted molar refractivity (Wildman–Crippen MR) is 296 cm³/mol. The van der Waals surface area contributed by atoms with Gasteiger partial charge in [-0.1, -0.05) is 30.3 Å². The fraction of sp³-hybridized carbons (Fsp3) is 0. The van der Waals surface area contributed by atoms with Crippen LogP contribution in [0.25, 0.3) is 147 Å². The van der Waals surface area contributed by atoms with E-state index in [1.165, 1.54) is 147 Å². The van der Waals surface area contributed by atoms with E-state index in [1.807, 2.05) is 22.7 Å². The zero-order chi connectivity index (χ0) is 43.7. The molecule has 0 aliphatic carbocycles. The normalized spacial score (nSPS) is 12.2. The molecule has 310 valence electrons. The van der Waals surface area contributed by atoms with Crippen molar-refractivity contribution < 1.29 is 0 Å². The van der Waals surface area contributed by atoms with E-state index in [2.05, 4.69) is 218 Å². The molecule has 0 bridgehead atoms. The molecule has 0 aliphatic heterocycles. The van der Waals surface area contributed by atoms with Crippen LogP contribution in [0.1, 0.15) is 0 Å². The van der Waals surface area contributed by atoms with E-state index in [9.17, 15) is 0 Å². The molecule has 0 saturated heterocycles. The predicted octanol–water partition coefficient (Wildman–Crippen LogP) is 19.1. The second kappa shape index (κ2) is 14.6. The van der Waals surface area contributed by atoms with E-state index in [-0.39, 0.29) is 14.5 Å². The molecule has 0 aliphatic rings. The van der Waals surface area contributed by atoms with E-state index in [1.54, 1.807) is 0 Å². The molecule has 0 nitrogen and oxygen atoms in total. The zero-order valence-corrected chi connectivity index (χ0v) is 39.4. The summed E-state index contributed by atoms with van der Waals surface area (Å²) < 4.78 is 8.25. The molecule has 15 rings (SSSR count). The third-order valence-electron chi connectivity index (χ3n) is 14.3. The molecule has 15 aromatic rings. The van der Waals surface area contributed by atoms with Gasteiger partial charge >= 0.3 is 366 Å². The Morgan fingerprint density at radius 2 is 0.582 bits per heavy atom. The van der Waals surface area contributed by atoms with Gasteiger partial charge < -0.3 is 0 Å². The van der Waals surface area contributed by atoms with Crippen LogP contribution in [-0.2, 0) is 0 Å². The molecule has 0 amide bonds. The minimum atomic E-state index is 0.0928. The van der Waals surface area contributed by atoms with Gasteiger partial charge in [0.15, 0.2) is 0 Å². The number of hydrogen-bond donors (Lipinski definition) is 0. The summed E-state index contributed by atoms with van der Waals surface area (Å²) in [5, 5.41) is 18.4. The quantitative estimate of drug-likeness (QED) is 0.122. The van der Waals surface area contributed by atoms with Crippen molar-refractivity contribution in [2.45, 2.75) is 0 Å². The maximum atomic E-state index is 2.53. The first-order valence-corrected chi connectivity index (χ1v) is 26.2. The number of rotatable bonds is 4. The van der Waals surface area contributed by atoms with Crippen molar-refractivity contribution in [2.75, 3.05) is 0 Å². The van der Waals surface area contributed by atoms with Crippen LogP contribution in [0.2, 0.25) is 0 Å². The Kier molecular flexibility index (Phi) is 8.22. The number of fused-ring (bicyclic) bond motifs is 13. The topological polar surface area (TPSA) is 0 Å². The Balaban J connectivity index is 0.925. The molecule has 0 radical (unpaired) electrons. The van der Waals surface area contributed by atoms with Crippen molar-refractivity contribution >= 4 is 140 Å². The van der Waals surface area contributed by atoms with Crippen molar-refractivity contribution in [1.82, 2.24) is 0 Å². The molecule has 0 N–H and O–H groups in total.